The van der Waals surface area contributed by atoms with Crippen LogP contribution in [0.1, 0.15) is 16.1 Å². The largest absolute Gasteiger partial charge is 0.478 e. The van der Waals surface area contributed by atoms with Gasteiger partial charge in [-0.3, -0.25) is 9.08 Å². The van der Waals surface area contributed by atoms with E-state index in [2.05, 4.69) is 26.0 Å². The number of rotatable bonds is 3. The lowest BCUT2D eigenvalue weighted by Gasteiger charge is -1.98. The Balaban J connectivity index is 1.94. The van der Waals surface area contributed by atoms with Gasteiger partial charge in [0.1, 0.15) is 10.8 Å². The first kappa shape index (κ1) is 13.1. The molecular weight excluding hydrogens is 348 g/mol. The highest BCUT2D eigenvalue weighted by molar-refractivity contribution is 9.10. The van der Waals surface area contributed by atoms with E-state index in [4.69, 9.17) is 16.7 Å². The molecule has 0 saturated carbocycles. The number of imidazole rings is 1. The van der Waals surface area contributed by atoms with Crippen LogP contribution in [0.3, 0.4) is 0 Å². The summed E-state index contributed by atoms with van der Waals surface area (Å²) in [5.74, 6) is -1.00. The third kappa shape index (κ3) is 2.30. The van der Waals surface area contributed by atoms with Crippen molar-refractivity contribution >= 4 is 39.1 Å². The van der Waals surface area contributed by atoms with Gasteiger partial charge < -0.3 is 5.11 Å². The minimum Gasteiger partial charge on any atom is -0.478 e. The van der Waals surface area contributed by atoms with Crippen molar-refractivity contribution in [1.82, 2.24) is 19.2 Å². The molecule has 0 unspecified atom stereocenters. The molecule has 3 rings (SSSR count). The van der Waals surface area contributed by atoms with Crippen molar-refractivity contribution in [3.05, 3.63) is 51.6 Å². The Labute approximate surface area is 126 Å². The minimum atomic E-state index is -1.00. The Kier molecular flexibility index (Phi) is 3.23. The third-order valence-electron chi connectivity index (χ3n) is 2.77. The summed E-state index contributed by atoms with van der Waals surface area (Å²) in [6.07, 6.45) is 4.57. The topological polar surface area (TPSA) is 72.4 Å². The van der Waals surface area contributed by atoms with E-state index in [1.165, 1.54) is 17.1 Å². The Bertz CT molecular complexity index is 811. The van der Waals surface area contributed by atoms with E-state index in [9.17, 15) is 4.79 Å². The van der Waals surface area contributed by atoms with E-state index >= 15 is 0 Å². The summed E-state index contributed by atoms with van der Waals surface area (Å²) in [6.45, 7) is 0.378. The Morgan fingerprint density at radius 2 is 2.20 bits per heavy atom. The monoisotopic (exact) mass is 354 g/mol. The molecule has 0 aromatic carbocycles. The van der Waals surface area contributed by atoms with Gasteiger partial charge in [0.25, 0.3) is 0 Å². The van der Waals surface area contributed by atoms with Gasteiger partial charge in [0.2, 0.25) is 0 Å². The highest BCUT2D eigenvalue weighted by Gasteiger charge is 2.10. The number of fused-ring (bicyclic) bond motifs is 1. The summed E-state index contributed by atoms with van der Waals surface area (Å²) < 4.78 is 4.05. The first-order valence-electron chi connectivity index (χ1n) is 5.62. The number of pyridine rings is 1. The number of aromatic carboxylic acids is 1. The molecule has 0 aliphatic heterocycles. The van der Waals surface area contributed by atoms with E-state index in [1.807, 2.05) is 12.1 Å². The number of carboxylic acid groups (broad SMARTS) is 1. The third-order valence-corrected chi connectivity index (χ3v) is 4.03. The summed E-state index contributed by atoms with van der Waals surface area (Å²) in [7, 11) is 0. The van der Waals surface area contributed by atoms with Gasteiger partial charge in [0.15, 0.2) is 0 Å². The number of hydrogen-bond donors (Lipinski definition) is 1. The Hall–Kier alpha value is -1.86. The van der Waals surface area contributed by atoms with Crippen molar-refractivity contribution in [2.75, 3.05) is 0 Å². The summed E-state index contributed by atoms with van der Waals surface area (Å²) in [5, 5.41) is 13.4. The molecule has 0 fully saturated rings. The van der Waals surface area contributed by atoms with Crippen molar-refractivity contribution in [1.29, 1.82) is 0 Å². The van der Waals surface area contributed by atoms with Gasteiger partial charge in [-0.1, -0.05) is 11.6 Å². The SMILES string of the molecule is O=C(O)c1cnn(Cc2cn3c(Cl)c(Br)ccc3n2)c1. The molecular formula is C12H8BrClN4O2. The molecule has 0 aliphatic carbocycles. The maximum atomic E-state index is 10.8. The highest BCUT2D eigenvalue weighted by Crippen LogP contribution is 2.24. The second kappa shape index (κ2) is 4.92. The zero-order valence-electron chi connectivity index (χ0n) is 9.99. The van der Waals surface area contributed by atoms with Crippen LogP contribution in [0.2, 0.25) is 5.15 Å². The van der Waals surface area contributed by atoms with Crippen LogP contribution >= 0.6 is 27.5 Å². The van der Waals surface area contributed by atoms with Gasteiger partial charge in [-0.05, 0) is 28.1 Å². The second-order valence-corrected chi connectivity index (χ2v) is 5.38. The molecule has 3 aromatic rings. The van der Waals surface area contributed by atoms with Crippen LogP contribution in [0, 0.1) is 0 Å². The van der Waals surface area contributed by atoms with Crippen molar-refractivity contribution in [2.45, 2.75) is 6.54 Å². The molecule has 0 bridgehead atoms. The molecule has 8 heteroatoms. The molecule has 0 saturated heterocycles. The van der Waals surface area contributed by atoms with E-state index in [1.54, 1.807) is 10.6 Å². The average molecular weight is 356 g/mol. The number of nitrogens with zero attached hydrogens (tertiary/aromatic N) is 4. The fraction of sp³-hybridized carbons (Fsp3) is 0.0833. The Morgan fingerprint density at radius 3 is 2.90 bits per heavy atom. The molecule has 0 aliphatic rings. The normalized spacial score (nSPS) is 11.1. The lowest BCUT2D eigenvalue weighted by molar-refractivity contribution is 0.0697. The number of halogens is 2. The van der Waals surface area contributed by atoms with Gasteiger partial charge in [-0.25, -0.2) is 9.78 Å². The van der Waals surface area contributed by atoms with Crippen LogP contribution in [0.5, 0.6) is 0 Å². The zero-order valence-corrected chi connectivity index (χ0v) is 12.3. The molecule has 0 atom stereocenters. The summed E-state index contributed by atoms with van der Waals surface area (Å²) in [5.41, 5.74) is 1.61. The number of carbonyl (C=O) groups is 1. The van der Waals surface area contributed by atoms with E-state index in [0.717, 1.165) is 15.8 Å². The summed E-state index contributed by atoms with van der Waals surface area (Å²) >= 11 is 9.51. The average Bonchev–Trinajstić information content (AvgIpc) is 3.01. The summed E-state index contributed by atoms with van der Waals surface area (Å²) in [6, 6.07) is 3.66. The van der Waals surface area contributed by atoms with E-state index in [-0.39, 0.29) is 5.56 Å². The maximum Gasteiger partial charge on any atom is 0.338 e. The highest BCUT2D eigenvalue weighted by atomic mass is 79.9. The zero-order chi connectivity index (χ0) is 14.3. The van der Waals surface area contributed by atoms with E-state index in [0.29, 0.717) is 11.7 Å². The molecule has 1 N–H and O–H groups in total. The van der Waals surface area contributed by atoms with Crippen LogP contribution in [0.25, 0.3) is 5.65 Å². The van der Waals surface area contributed by atoms with Crippen molar-refractivity contribution in [3.63, 3.8) is 0 Å². The van der Waals surface area contributed by atoms with Crippen LogP contribution in [0.15, 0.2) is 35.2 Å². The van der Waals surface area contributed by atoms with Gasteiger partial charge in [0, 0.05) is 12.4 Å². The fourth-order valence-electron chi connectivity index (χ4n) is 1.85. The minimum absolute atomic E-state index is 0.148. The van der Waals surface area contributed by atoms with Crippen molar-refractivity contribution in [3.8, 4) is 0 Å². The second-order valence-electron chi connectivity index (χ2n) is 4.16. The standard InChI is InChI=1S/C12H8BrClN4O2/c13-9-1-2-10-16-8(6-18(10)11(9)14)5-17-4-7(3-15-17)12(19)20/h1-4,6H,5H2,(H,19,20). The lowest BCUT2D eigenvalue weighted by Crippen LogP contribution is -2.00. The molecule has 0 amide bonds. The first-order valence-corrected chi connectivity index (χ1v) is 6.79. The maximum absolute atomic E-state index is 10.8. The van der Waals surface area contributed by atoms with Crippen LogP contribution in [-0.4, -0.2) is 30.2 Å². The summed E-state index contributed by atoms with van der Waals surface area (Å²) in [4.78, 5) is 15.2. The van der Waals surface area contributed by atoms with Gasteiger partial charge >= 0.3 is 5.97 Å². The molecule has 0 spiro atoms. The molecule has 3 aromatic heterocycles. The van der Waals surface area contributed by atoms with Crippen LogP contribution in [-0.2, 0) is 6.54 Å². The predicted molar refractivity (Wildman–Crippen MR) is 76.2 cm³/mol. The van der Waals surface area contributed by atoms with Crippen LogP contribution < -0.4 is 0 Å². The number of carboxylic acids is 1. The number of aromatic nitrogens is 4. The number of hydrogen-bond acceptors (Lipinski definition) is 3. The predicted octanol–water partition coefficient (Wildman–Crippen LogP) is 2.69. The Morgan fingerprint density at radius 1 is 1.40 bits per heavy atom. The lowest BCUT2D eigenvalue weighted by atomic mass is 10.4. The van der Waals surface area contributed by atoms with Gasteiger partial charge in [-0.2, -0.15) is 5.10 Å². The van der Waals surface area contributed by atoms with Gasteiger partial charge in [0.05, 0.1) is 28.5 Å². The van der Waals surface area contributed by atoms with Crippen molar-refractivity contribution in [2.24, 2.45) is 0 Å². The van der Waals surface area contributed by atoms with Gasteiger partial charge in [-0.15, -0.1) is 0 Å². The molecule has 6 nitrogen and oxygen atoms in total. The van der Waals surface area contributed by atoms with E-state index < -0.39 is 5.97 Å². The molecule has 0 radical (unpaired) electrons. The fourth-order valence-corrected chi connectivity index (χ4v) is 2.38. The van der Waals surface area contributed by atoms with Crippen molar-refractivity contribution < 1.29 is 9.90 Å². The van der Waals surface area contributed by atoms with Crippen LogP contribution in [0.4, 0.5) is 0 Å². The molecule has 102 valence electrons. The molecule has 20 heavy (non-hydrogen) atoms. The smallest absolute Gasteiger partial charge is 0.338 e. The quantitative estimate of drug-likeness (QED) is 0.733. The molecule has 3 heterocycles. The first-order chi connectivity index (χ1) is 9.54.